The maximum atomic E-state index is 13.0. The largest absolute Gasteiger partial charge is 0.445 e. The standard InChI is InChI=1S/C23H25F3N6O6/c24-23(25,26)17-3-1-16(2-4-17)14-37-21(34)30-11-9-29(10-12-30)20(33)28-7-5-22(6-8-28)15-31-13-18(32(35)36)27-19(31)38-22/h1-4,13H,5-12,14-15H2. The van der Waals surface area contributed by atoms with Crippen molar-refractivity contribution >= 4 is 17.9 Å². The first kappa shape index (κ1) is 25.6. The highest BCUT2D eigenvalue weighted by Crippen LogP contribution is 2.37. The average Bonchev–Trinajstić information content (AvgIpc) is 3.43. The van der Waals surface area contributed by atoms with Crippen molar-refractivity contribution in [3.8, 4) is 6.01 Å². The number of hydrogen-bond acceptors (Lipinski definition) is 7. The molecule has 0 radical (unpaired) electrons. The zero-order chi connectivity index (χ0) is 27.1. The number of rotatable bonds is 3. The molecule has 4 heterocycles. The lowest BCUT2D eigenvalue weighted by atomic mass is 9.91. The van der Waals surface area contributed by atoms with Crippen LogP contribution in [-0.2, 0) is 24.1 Å². The molecule has 0 saturated carbocycles. The lowest BCUT2D eigenvalue weighted by Crippen LogP contribution is -2.57. The summed E-state index contributed by atoms with van der Waals surface area (Å²) in [5, 5.41) is 10.9. The highest BCUT2D eigenvalue weighted by molar-refractivity contribution is 5.75. The third-order valence-electron chi connectivity index (χ3n) is 7.08. The molecule has 1 spiro atoms. The van der Waals surface area contributed by atoms with Gasteiger partial charge in [0.15, 0.2) is 0 Å². The van der Waals surface area contributed by atoms with Gasteiger partial charge >= 0.3 is 30.1 Å². The number of nitrogens with zero attached hydrogens (tertiary/aromatic N) is 6. The minimum Gasteiger partial charge on any atom is -0.445 e. The van der Waals surface area contributed by atoms with Crippen LogP contribution in [0.25, 0.3) is 0 Å². The summed E-state index contributed by atoms with van der Waals surface area (Å²) in [5.41, 5.74) is -0.869. The molecular weight excluding hydrogens is 513 g/mol. The van der Waals surface area contributed by atoms with Crippen molar-refractivity contribution in [1.29, 1.82) is 0 Å². The van der Waals surface area contributed by atoms with E-state index in [-0.39, 0.29) is 37.6 Å². The smallest absolute Gasteiger partial charge is 0.416 e. The van der Waals surface area contributed by atoms with E-state index in [2.05, 4.69) is 4.98 Å². The molecule has 204 valence electrons. The molecule has 5 rings (SSSR count). The van der Waals surface area contributed by atoms with Gasteiger partial charge < -0.3 is 34.3 Å². The monoisotopic (exact) mass is 538 g/mol. The maximum absolute atomic E-state index is 13.0. The lowest BCUT2D eigenvalue weighted by Gasteiger charge is -2.41. The molecule has 3 aliphatic heterocycles. The number of urea groups is 1. The van der Waals surface area contributed by atoms with Gasteiger partial charge in [0.25, 0.3) is 0 Å². The molecule has 38 heavy (non-hydrogen) atoms. The highest BCUT2D eigenvalue weighted by atomic mass is 19.4. The summed E-state index contributed by atoms with van der Waals surface area (Å²) in [6.45, 7) is 2.41. The van der Waals surface area contributed by atoms with Crippen molar-refractivity contribution in [1.82, 2.24) is 24.3 Å². The number of piperazine rings is 1. The summed E-state index contributed by atoms with van der Waals surface area (Å²) < 4.78 is 50.8. The Kier molecular flexibility index (Phi) is 6.53. The molecule has 3 aliphatic rings. The Labute approximate surface area is 214 Å². The fourth-order valence-electron chi connectivity index (χ4n) is 4.88. The van der Waals surface area contributed by atoms with Gasteiger partial charge in [-0.1, -0.05) is 12.1 Å². The summed E-state index contributed by atoms with van der Waals surface area (Å²) in [7, 11) is 0. The van der Waals surface area contributed by atoms with Crippen molar-refractivity contribution < 1.29 is 37.2 Å². The van der Waals surface area contributed by atoms with E-state index >= 15 is 0 Å². The fraction of sp³-hybridized carbons (Fsp3) is 0.522. The van der Waals surface area contributed by atoms with Gasteiger partial charge in [0, 0.05) is 57.1 Å². The Hall–Kier alpha value is -4.04. The Morgan fingerprint density at radius 2 is 1.63 bits per heavy atom. The molecule has 2 saturated heterocycles. The number of carbonyl (C=O) groups is 2. The minimum atomic E-state index is -4.43. The number of fused-ring (bicyclic) bond motifs is 1. The first-order valence-corrected chi connectivity index (χ1v) is 12.1. The van der Waals surface area contributed by atoms with Crippen LogP contribution in [0.4, 0.5) is 28.6 Å². The molecule has 0 aliphatic carbocycles. The molecule has 0 atom stereocenters. The van der Waals surface area contributed by atoms with Crippen molar-refractivity contribution in [2.75, 3.05) is 39.3 Å². The number of nitro groups is 1. The summed E-state index contributed by atoms with van der Waals surface area (Å²) in [5.74, 6) is -0.259. The summed E-state index contributed by atoms with van der Waals surface area (Å²) in [6.07, 6.45) is -2.54. The molecule has 1 aromatic heterocycles. The predicted molar refractivity (Wildman–Crippen MR) is 123 cm³/mol. The lowest BCUT2D eigenvalue weighted by molar-refractivity contribution is -0.389. The third-order valence-corrected chi connectivity index (χ3v) is 7.08. The van der Waals surface area contributed by atoms with Gasteiger partial charge in [0.05, 0.1) is 12.1 Å². The van der Waals surface area contributed by atoms with Gasteiger partial charge in [-0.05, 0) is 22.6 Å². The second-order valence-electron chi connectivity index (χ2n) is 9.54. The number of alkyl halides is 3. The SMILES string of the molecule is O=C(OCc1ccc(C(F)(F)F)cc1)N1CCN(C(=O)N2CCC3(CC2)Cn2cc([N+](=O)[O-])nc2O3)CC1. The molecule has 15 heteroatoms. The van der Waals surface area contributed by atoms with Gasteiger partial charge in [0.2, 0.25) is 0 Å². The number of benzene rings is 1. The Balaban J connectivity index is 1.05. The van der Waals surface area contributed by atoms with E-state index in [1.54, 1.807) is 14.4 Å². The van der Waals surface area contributed by atoms with Gasteiger partial charge in [-0.25, -0.2) is 9.59 Å². The maximum Gasteiger partial charge on any atom is 0.416 e. The van der Waals surface area contributed by atoms with E-state index < -0.39 is 28.4 Å². The second kappa shape index (κ2) is 9.68. The van der Waals surface area contributed by atoms with Crippen LogP contribution in [0.5, 0.6) is 6.01 Å². The first-order chi connectivity index (χ1) is 18.0. The first-order valence-electron chi connectivity index (χ1n) is 12.1. The van der Waals surface area contributed by atoms with E-state index in [0.29, 0.717) is 51.1 Å². The van der Waals surface area contributed by atoms with Crippen LogP contribution < -0.4 is 4.74 Å². The number of hydrogen-bond donors (Lipinski definition) is 0. The van der Waals surface area contributed by atoms with Gasteiger partial charge in [-0.2, -0.15) is 13.2 Å². The van der Waals surface area contributed by atoms with Crippen LogP contribution in [0.2, 0.25) is 0 Å². The van der Waals surface area contributed by atoms with E-state index in [1.165, 1.54) is 23.2 Å². The van der Waals surface area contributed by atoms with Crippen LogP contribution >= 0.6 is 0 Å². The highest BCUT2D eigenvalue weighted by Gasteiger charge is 2.47. The number of ether oxygens (including phenoxy) is 2. The van der Waals surface area contributed by atoms with Crippen molar-refractivity contribution in [2.45, 2.75) is 37.8 Å². The third kappa shape index (κ3) is 5.17. The molecule has 12 nitrogen and oxygen atoms in total. The number of likely N-dealkylation sites (tertiary alicyclic amines) is 1. The predicted octanol–water partition coefficient (Wildman–Crippen LogP) is 3.11. The topological polar surface area (TPSA) is 123 Å². The van der Waals surface area contributed by atoms with Crippen molar-refractivity contribution in [2.24, 2.45) is 0 Å². The number of piperidine rings is 1. The zero-order valence-electron chi connectivity index (χ0n) is 20.2. The van der Waals surface area contributed by atoms with Crippen LogP contribution in [0, 0.1) is 10.1 Å². The van der Waals surface area contributed by atoms with Crippen LogP contribution in [0.1, 0.15) is 24.0 Å². The number of aromatic nitrogens is 2. The van der Waals surface area contributed by atoms with E-state index in [1.807, 2.05) is 0 Å². The molecule has 1 aromatic carbocycles. The molecular formula is C23H25F3N6O6. The van der Waals surface area contributed by atoms with Crippen molar-refractivity contribution in [3.63, 3.8) is 0 Å². The van der Waals surface area contributed by atoms with Gasteiger partial charge in [-0.3, -0.25) is 4.57 Å². The number of amides is 3. The molecule has 2 fully saturated rings. The Bertz CT molecular complexity index is 1190. The number of halogens is 3. The van der Waals surface area contributed by atoms with E-state index in [4.69, 9.17) is 9.47 Å². The summed E-state index contributed by atoms with van der Waals surface area (Å²) in [4.78, 5) is 44.5. The van der Waals surface area contributed by atoms with Gasteiger partial charge in [-0.15, -0.1) is 0 Å². The van der Waals surface area contributed by atoms with Crippen LogP contribution in [0.3, 0.4) is 0 Å². The normalized spacial score (nSPS) is 18.8. The van der Waals surface area contributed by atoms with Gasteiger partial charge in [0.1, 0.15) is 18.4 Å². The van der Waals surface area contributed by atoms with E-state index in [9.17, 15) is 32.9 Å². The summed E-state index contributed by atoms with van der Waals surface area (Å²) >= 11 is 0. The molecule has 0 N–H and O–H groups in total. The quantitative estimate of drug-likeness (QED) is 0.435. The summed E-state index contributed by atoms with van der Waals surface area (Å²) in [6, 6.07) is 4.50. The Morgan fingerprint density at radius 3 is 2.21 bits per heavy atom. The molecule has 3 amide bonds. The zero-order valence-corrected chi connectivity index (χ0v) is 20.2. The minimum absolute atomic E-state index is 0.135. The van der Waals surface area contributed by atoms with Crippen molar-refractivity contribution in [3.05, 3.63) is 51.7 Å². The van der Waals surface area contributed by atoms with Crippen LogP contribution in [-0.4, -0.2) is 86.2 Å². The second-order valence-corrected chi connectivity index (χ2v) is 9.54. The number of carbonyl (C=O) groups excluding carboxylic acids is 2. The Morgan fingerprint density at radius 1 is 1.03 bits per heavy atom. The molecule has 0 bridgehead atoms. The molecule has 2 aromatic rings. The number of imidazole rings is 1. The van der Waals surface area contributed by atoms with E-state index in [0.717, 1.165) is 12.1 Å². The fourth-order valence-corrected chi connectivity index (χ4v) is 4.88. The molecule has 0 unspecified atom stereocenters. The van der Waals surface area contributed by atoms with Crippen LogP contribution in [0.15, 0.2) is 30.5 Å². The average molecular weight is 538 g/mol.